The lowest BCUT2D eigenvalue weighted by atomic mass is 9.82. The Hall–Kier alpha value is -3.95. The van der Waals surface area contributed by atoms with Crippen molar-refractivity contribution >= 4 is 11.9 Å². The van der Waals surface area contributed by atoms with Crippen molar-refractivity contribution in [2.24, 2.45) is 10.7 Å². The molecule has 2 N–H and O–H groups in total. The first-order valence-electron chi connectivity index (χ1n) is 9.08. The molecule has 0 fully saturated rings. The SMILES string of the molecule is CN1C(=O)C(c2ccc(OC(F)(F)F)cc2)(c2cccc(-c3ncccn3)c2)N=C1N. The van der Waals surface area contributed by atoms with Gasteiger partial charge in [-0.25, -0.2) is 15.0 Å². The van der Waals surface area contributed by atoms with E-state index in [1.807, 2.05) is 0 Å². The van der Waals surface area contributed by atoms with E-state index in [9.17, 15) is 18.0 Å². The zero-order valence-corrected chi connectivity index (χ0v) is 16.2. The van der Waals surface area contributed by atoms with E-state index in [2.05, 4.69) is 19.7 Å². The van der Waals surface area contributed by atoms with Gasteiger partial charge in [-0.1, -0.05) is 30.3 Å². The highest BCUT2D eigenvalue weighted by Crippen LogP contribution is 2.41. The minimum Gasteiger partial charge on any atom is -0.406 e. The zero-order chi connectivity index (χ0) is 22.2. The fraction of sp³-hybridized carbons (Fsp3) is 0.143. The standard InChI is InChI=1S/C21H16F3N5O2/c1-29-18(30)20(28-19(29)25,14-6-8-16(9-7-14)31-21(22,23)24)15-5-2-4-13(12-15)17-26-10-3-11-27-17/h2-12H,1H3,(H2,25,28). The summed E-state index contributed by atoms with van der Waals surface area (Å²) >= 11 is 0. The fourth-order valence-electron chi connectivity index (χ4n) is 3.41. The Labute approximate surface area is 175 Å². The predicted molar refractivity (Wildman–Crippen MR) is 106 cm³/mol. The highest BCUT2D eigenvalue weighted by Gasteiger charge is 2.49. The van der Waals surface area contributed by atoms with Crippen molar-refractivity contribution in [1.29, 1.82) is 0 Å². The smallest absolute Gasteiger partial charge is 0.406 e. The molecule has 10 heteroatoms. The minimum absolute atomic E-state index is 0.0121. The number of carbonyl (C=O) groups is 1. The maximum atomic E-state index is 13.3. The second-order valence-electron chi connectivity index (χ2n) is 6.77. The number of nitrogens with two attached hydrogens (primary N) is 1. The Morgan fingerprint density at radius 3 is 2.26 bits per heavy atom. The van der Waals surface area contributed by atoms with Gasteiger partial charge in [-0.15, -0.1) is 13.2 Å². The molecule has 1 aromatic heterocycles. The normalized spacial score (nSPS) is 18.8. The van der Waals surface area contributed by atoms with Gasteiger partial charge in [0.25, 0.3) is 5.91 Å². The van der Waals surface area contributed by atoms with Gasteiger partial charge in [0.2, 0.25) is 0 Å². The van der Waals surface area contributed by atoms with Crippen molar-refractivity contribution in [3.05, 3.63) is 78.1 Å². The molecule has 158 valence electrons. The average molecular weight is 427 g/mol. The largest absolute Gasteiger partial charge is 0.573 e. The highest BCUT2D eigenvalue weighted by atomic mass is 19.4. The lowest BCUT2D eigenvalue weighted by molar-refractivity contribution is -0.274. The molecule has 1 aliphatic heterocycles. The van der Waals surface area contributed by atoms with Crippen LogP contribution in [0.1, 0.15) is 11.1 Å². The summed E-state index contributed by atoms with van der Waals surface area (Å²) in [5.74, 6) is -0.416. The second kappa shape index (κ2) is 7.38. The van der Waals surface area contributed by atoms with Crippen LogP contribution in [0.3, 0.4) is 0 Å². The number of ether oxygens (including phenoxy) is 1. The van der Waals surface area contributed by atoms with E-state index >= 15 is 0 Å². The number of alkyl halides is 3. The molecule has 1 amide bonds. The van der Waals surface area contributed by atoms with Crippen molar-refractivity contribution in [1.82, 2.24) is 14.9 Å². The third-order valence-electron chi connectivity index (χ3n) is 4.85. The van der Waals surface area contributed by atoms with E-state index in [-0.39, 0.29) is 5.96 Å². The van der Waals surface area contributed by atoms with E-state index in [0.717, 1.165) is 12.1 Å². The number of halogens is 3. The van der Waals surface area contributed by atoms with Crippen LogP contribution in [0.2, 0.25) is 0 Å². The Bertz CT molecular complexity index is 1150. The molecule has 0 aliphatic carbocycles. The van der Waals surface area contributed by atoms with Crippen molar-refractivity contribution in [3.63, 3.8) is 0 Å². The van der Waals surface area contributed by atoms with Crippen LogP contribution in [0.25, 0.3) is 11.4 Å². The van der Waals surface area contributed by atoms with Crippen LogP contribution in [-0.4, -0.2) is 40.1 Å². The predicted octanol–water partition coefficient (Wildman–Crippen LogP) is 3.07. The topological polar surface area (TPSA) is 93.7 Å². The summed E-state index contributed by atoms with van der Waals surface area (Å²) in [6.07, 6.45) is -1.64. The van der Waals surface area contributed by atoms with Gasteiger partial charge in [0.15, 0.2) is 17.3 Å². The number of aliphatic imine (C=N–C) groups is 1. The second-order valence-corrected chi connectivity index (χ2v) is 6.77. The molecule has 0 saturated heterocycles. The number of hydrogen-bond donors (Lipinski definition) is 1. The molecule has 0 bridgehead atoms. The van der Waals surface area contributed by atoms with E-state index in [0.29, 0.717) is 22.5 Å². The summed E-state index contributed by atoms with van der Waals surface area (Å²) in [4.78, 5) is 27.4. The van der Waals surface area contributed by atoms with Gasteiger partial charge in [-0.2, -0.15) is 0 Å². The Kier molecular flexibility index (Phi) is 4.84. The van der Waals surface area contributed by atoms with Crippen LogP contribution < -0.4 is 10.5 Å². The fourth-order valence-corrected chi connectivity index (χ4v) is 3.41. The number of guanidine groups is 1. The van der Waals surface area contributed by atoms with E-state index < -0.39 is 23.6 Å². The molecule has 1 atom stereocenters. The Morgan fingerprint density at radius 1 is 1.00 bits per heavy atom. The first-order chi connectivity index (χ1) is 14.7. The molecule has 4 rings (SSSR count). The number of likely N-dealkylation sites (N-methyl/N-ethyl adjacent to an activating group) is 1. The summed E-state index contributed by atoms with van der Waals surface area (Å²) in [6, 6.07) is 13.6. The van der Waals surface area contributed by atoms with Gasteiger partial charge in [0.1, 0.15) is 5.75 Å². The van der Waals surface area contributed by atoms with Crippen LogP contribution in [0.5, 0.6) is 5.75 Å². The van der Waals surface area contributed by atoms with Gasteiger partial charge in [-0.3, -0.25) is 9.69 Å². The van der Waals surface area contributed by atoms with Crippen LogP contribution >= 0.6 is 0 Å². The third-order valence-corrected chi connectivity index (χ3v) is 4.85. The summed E-state index contributed by atoms with van der Waals surface area (Å²) in [5, 5.41) is 0. The average Bonchev–Trinajstić information content (AvgIpc) is 2.99. The number of aromatic nitrogens is 2. The van der Waals surface area contributed by atoms with Gasteiger partial charge in [0.05, 0.1) is 0 Å². The monoisotopic (exact) mass is 427 g/mol. The molecule has 2 heterocycles. The summed E-state index contributed by atoms with van der Waals surface area (Å²) in [6.45, 7) is 0. The maximum Gasteiger partial charge on any atom is 0.573 e. The third kappa shape index (κ3) is 3.67. The van der Waals surface area contributed by atoms with Crippen LogP contribution in [0.4, 0.5) is 13.2 Å². The first kappa shape index (κ1) is 20.3. The molecule has 1 aliphatic rings. The Balaban J connectivity index is 1.84. The van der Waals surface area contributed by atoms with Crippen LogP contribution in [-0.2, 0) is 10.3 Å². The summed E-state index contributed by atoms with van der Waals surface area (Å²) < 4.78 is 41.5. The molecule has 3 aromatic rings. The number of benzene rings is 2. The van der Waals surface area contributed by atoms with Crippen LogP contribution in [0.15, 0.2) is 72.0 Å². The number of nitrogens with zero attached hydrogens (tertiary/aromatic N) is 4. The minimum atomic E-state index is -4.82. The van der Waals surface area contributed by atoms with Crippen molar-refractivity contribution in [2.75, 3.05) is 7.05 Å². The van der Waals surface area contributed by atoms with Crippen molar-refractivity contribution in [3.8, 4) is 17.1 Å². The summed E-state index contributed by atoms with van der Waals surface area (Å²) in [7, 11) is 1.48. The quantitative estimate of drug-likeness (QED) is 0.691. The number of rotatable bonds is 4. The molecule has 31 heavy (non-hydrogen) atoms. The van der Waals surface area contributed by atoms with E-state index in [1.54, 1.807) is 42.7 Å². The van der Waals surface area contributed by atoms with Crippen molar-refractivity contribution < 1.29 is 22.7 Å². The highest BCUT2D eigenvalue weighted by molar-refractivity contribution is 6.09. The maximum absolute atomic E-state index is 13.3. The molecule has 7 nitrogen and oxygen atoms in total. The van der Waals surface area contributed by atoms with Gasteiger partial charge in [-0.05, 0) is 35.4 Å². The number of hydrogen-bond acceptors (Lipinski definition) is 6. The molecule has 2 aromatic carbocycles. The van der Waals surface area contributed by atoms with E-state index in [1.165, 1.54) is 24.1 Å². The molecule has 1 unspecified atom stereocenters. The lowest BCUT2D eigenvalue weighted by Gasteiger charge is -2.26. The molecule has 0 radical (unpaired) electrons. The molecule has 0 saturated carbocycles. The number of amides is 1. The summed E-state index contributed by atoms with van der Waals surface area (Å²) in [5.41, 5.74) is 5.82. The van der Waals surface area contributed by atoms with Crippen molar-refractivity contribution in [2.45, 2.75) is 11.9 Å². The Morgan fingerprint density at radius 2 is 1.68 bits per heavy atom. The number of carbonyl (C=O) groups excluding carboxylic acids is 1. The molecular formula is C21H16F3N5O2. The molecule has 0 spiro atoms. The first-order valence-corrected chi connectivity index (χ1v) is 9.08. The van der Waals surface area contributed by atoms with Gasteiger partial charge >= 0.3 is 6.36 Å². The van der Waals surface area contributed by atoms with Gasteiger partial charge < -0.3 is 10.5 Å². The van der Waals surface area contributed by atoms with E-state index in [4.69, 9.17) is 5.73 Å². The lowest BCUT2D eigenvalue weighted by Crippen LogP contribution is -2.41. The van der Waals surface area contributed by atoms with Gasteiger partial charge in [0, 0.05) is 25.0 Å². The zero-order valence-electron chi connectivity index (χ0n) is 16.2. The van der Waals surface area contributed by atoms with Crippen LogP contribution in [0, 0.1) is 0 Å². The molecular weight excluding hydrogens is 411 g/mol.